The van der Waals surface area contributed by atoms with Gasteiger partial charge in [-0.1, -0.05) is 25.0 Å². The molecule has 2 aromatic heterocycles. The maximum Gasteiger partial charge on any atom is 0.356 e. The minimum Gasteiger partial charge on any atom is -0.476 e. The van der Waals surface area contributed by atoms with Gasteiger partial charge in [0, 0.05) is 12.4 Å². The van der Waals surface area contributed by atoms with Crippen LogP contribution in [0.3, 0.4) is 0 Å². The number of carbonyl (C=O) groups excluding carboxylic acids is 1. The topological polar surface area (TPSA) is 102 Å². The second kappa shape index (κ2) is 7.06. The monoisotopic (exact) mass is 365 g/mol. The van der Waals surface area contributed by atoms with Crippen molar-refractivity contribution in [3.05, 3.63) is 60.2 Å². The smallest absolute Gasteiger partial charge is 0.356 e. The number of para-hydroxylation sites is 2. The second-order valence-corrected chi connectivity index (χ2v) is 6.52. The van der Waals surface area contributed by atoms with Crippen molar-refractivity contribution in [1.82, 2.24) is 19.6 Å². The molecule has 0 atom stereocenters. The standard InChI is InChI=1S/C19H19N5O3/c25-18(17-9-11-20-24(17)13-5-1-2-6-13)21-14-7-3-4-8-16(14)23-12-10-15(22-23)19(26)27/h3-4,7-13H,1-2,5-6H2,(H,21,25)(H,26,27). The number of hydrogen-bond acceptors (Lipinski definition) is 4. The first-order valence-corrected chi connectivity index (χ1v) is 8.87. The molecule has 4 rings (SSSR count). The van der Waals surface area contributed by atoms with Crippen LogP contribution in [0.5, 0.6) is 0 Å². The SMILES string of the molecule is O=C(O)c1ccn(-c2ccccc2NC(=O)c2ccnn2C2CCCC2)n1. The zero-order valence-electron chi connectivity index (χ0n) is 14.6. The zero-order chi connectivity index (χ0) is 18.8. The van der Waals surface area contributed by atoms with Gasteiger partial charge in [-0.3, -0.25) is 9.48 Å². The summed E-state index contributed by atoms with van der Waals surface area (Å²) in [5, 5.41) is 20.3. The van der Waals surface area contributed by atoms with E-state index >= 15 is 0 Å². The van der Waals surface area contributed by atoms with Crippen molar-refractivity contribution in [3.63, 3.8) is 0 Å². The van der Waals surface area contributed by atoms with E-state index in [2.05, 4.69) is 15.5 Å². The molecule has 3 aromatic rings. The minimum absolute atomic E-state index is 0.0598. The molecule has 0 unspecified atom stereocenters. The Labute approximate surface area is 155 Å². The normalized spacial score (nSPS) is 14.4. The Morgan fingerprint density at radius 3 is 2.63 bits per heavy atom. The summed E-state index contributed by atoms with van der Waals surface area (Å²) in [4.78, 5) is 23.9. The molecule has 8 nitrogen and oxygen atoms in total. The molecule has 1 saturated carbocycles. The second-order valence-electron chi connectivity index (χ2n) is 6.52. The van der Waals surface area contributed by atoms with Crippen LogP contribution in [0.4, 0.5) is 5.69 Å². The minimum atomic E-state index is -1.10. The van der Waals surface area contributed by atoms with Crippen LogP contribution in [-0.2, 0) is 0 Å². The number of carboxylic acid groups (broad SMARTS) is 1. The molecule has 1 fully saturated rings. The molecular weight excluding hydrogens is 346 g/mol. The van der Waals surface area contributed by atoms with E-state index in [-0.39, 0.29) is 17.6 Å². The lowest BCUT2D eigenvalue weighted by molar-refractivity contribution is 0.0689. The fraction of sp³-hybridized carbons (Fsp3) is 0.263. The number of hydrogen-bond donors (Lipinski definition) is 2. The number of nitrogens with zero attached hydrogens (tertiary/aromatic N) is 4. The Kier molecular flexibility index (Phi) is 4.45. The zero-order valence-corrected chi connectivity index (χ0v) is 14.6. The summed E-state index contributed by atoms with van der Waals surface area (Å²) in [7, 11) is 0. The van der Waals surface area contributed by atoms with Crippen LogP contribution in [0.25, 0.3) is 5.69 Å². The van der Waals surface area contributed by atoms with Gasteiger partial charge in [-0.25, -0.2) is 9.48 Å². The Hall–Kier alpha value is -3.42. The van der Waals surface area contributed by atoms with Gasteiger partial charge in [-0.2, -0.15) is 10.2 Å². The fourth-order valence-corrected chi connectivity index (χ4v) is 3.47. The lowest BCUT2D eigenvalue weighted by atomic mass is 10.2. The number of anilines is 1. The third-order valence-corrected chi connectivity index (χ3v) is 4.78. The maximum atomic E-state index is 12.9. The third kappa shape index (κ3) is 3.33. The van der Waals surface area contributed by atoms with E-state index < -0.39 is 5.97 Å². The van der Waals surface area contributed by atoms with Gasteiger partial charge in [0.1, 0.15) is 5.69 Å². The largest absolute Gasteiger partial charge is 0.476 e. The number of rotatable bonds is 5. The highest BCUT2D eigenvalue weighted by molar-refractivity contribution is 6.04. The lowest BCUT2D eigenvalue weighted by Gasteiger charge is -2.15. The Bertz CT molecular complexity index is 985. The number of amides is 1. The molecule has 0 saturated heterocycles. The summed E-state index contributed by atoms with van der Waals surface area (Å²) < 4.78 is 3.24. The summed E-state index contributed by atoms with van der Waals surface area (Å²) in [5.41, 5.74) is 1.59. The Morgan fingerprint density at radius 1 is 1.11 bits per heavy atom. The molecule has 1 aromatic carbocycles. The van der Waals surface area contributed by atoms with Gasteiger partial charge in [0.15, 0.2) is 5.69 Å². The summed E-state index contributed by atoms with van der Waals surface area (Å²) in [6.45, 7) is 0. The van der Waals surface area contributed by atoms with Crippen LogP contribution in [-0.4, -0.2) is 36.5 Å². The number of nitrogens with one attached hydrogen (secondary N) is 1. The Balaban J connectivity index is 1.61. The number of carboxylic acids is 1. The third-order valence-electron chi connectivity index (χ3n) is 4.78. The van der Waals surface area contributed by atoms with Gasteiger partial charge in [-0.05, 0) is 37.1 Å². The van der Waals surface area contributed by atoms with E-state index in [1.54, 1.807) is 47.4 Å². The van der Waals surface area contributed by atoms with Crippen molar-refractivity contribution >= 4 is 17.6 Å². The number of aromatic nitrogens is 4. The van der Waals surface area contributed by atoms with Crippen molar-refractivity contribution in [3.8, 4) is 5.69 Å². The summed E-state index contributed by atoms with van der Waals surface area (Å²) in [6, 6.07) is 10.5. The molecule has 1 aliphatic rings. The van der Waals surface area contributed by atoms with E-state index in [1.807, 2.05) is 0 Å². The number of benzene rings is 1. The van der Waals surface area contributed by atoms with E-state index in [1.165, 1.54) is 10.7 Å². The molecule has 8 heteroatoms. The quantitative estimate of drug-likeness (QED) is 0.723. The average molecular weight is 365 g/mol. The molecule has 2 N–H and O–H groups in total. The molecule has 1 aliphatic carbocycles. The van der Waals surface area contributed by atoms with E-state index in [4.69, 9.17) is 5.11 Å². The summed E-state index contributed by atoms with van der Waals surface area (Å²) in [6.07, 6.45) is 7.57. The van der Waals surface area contributed by atoms with E-state index in [0.29, 0.717) is 17.1 Å². The molecule has 0 bridgehead atoms. The highest BCUT2D eigenvalue weighted by Crippen LogP contribution is 2.30. The lowest BCUT2D eigenvalue weighted by Crippen LogP contribution is -2.20. The molecule has 1 amide bonds. The van der Waals surface area contributed by atoms with Crippen LogP contribution in [0.15, 0.2) is 48.8 Å². The van der Waals surface area contributed by atoms with Crippen molar-refractivity contribution in [2.24, 2.45) is 0 Å². The van der Waals surface area contributed by atoms with Crippen LogP contribution in [0.2, 0.25) is 0 Å². The Morgan fingerprint density at radius 2 is 1.89 bits per heavy atom. The summed E-state index contributed by atoms with van der Waals surface area (Å²) >= 11 is 0. The van der Waals surface area contributed by atoms with Gasteiger partial charge < -0.3 is 10.4 Å². The molecule has 27 heavy (non-hydrogen) atoms. The molecule has 0 aliphatic heterocycles. The first kappa shape index (κ1) is 17.0. The van der Waals surface area contributed by atoms with Gasteiger partial charge in [-0.15, -0.1) is 0 Å². The first-order valence-electron chi connectivity index (χ1n) is 8.87. The number of aromatic carboxylic acids is 1. The molecule has 0 spiro atoms. The van der Waals surface area contributed by atoms with Gasteiger partial charge in [0.25, 0.3) is 5.91 Å². The van der Waals surface area contributed by atoms with Gasteiger partial charge in [0.2, 0.25) is 0 Å². The highest BCUT2D eigenvalue weighted by Gasteiger charge is 2.23. The predicted octanol–water partition coefficient (Wildman–Crippen LogP) is 3.13. The molecule has 2 heterocycles. The number of carbonyl (C=O) groups is 2. The first-order chi connectivity index (χ1) is 13.1. The van der Waals surface area contributed by atoms with Crippen LogP contribution >= 0.6 is 0 Å². The highest BCUT2D eigenvalue weighted by atomic mass is 16.4. The van der Waals surface area contributed by atoms with Crippen molar-refractivity contribution < 1.29 is 14.7 Å². The van der Waals surface area contributed by atoms with Crippen molar-refractivity contribution in [2.75, 3.05) is 5.32 Å². The van der Waals surface area contributed by atoms with Crippen LogP contribution in [0, 0.1) is 0 Å². The van der Waals surface area contributed by atoms with Crippen LogP contribution < -0.4 is 5.32 Å². The average Bonchev–Trinajstić information content (AvgIpc) is 3.41. The van der Waals surface area contributed by atoms with Gasteiger partial charge >= 0.3 is 5.97 Å². The molecule has 0 radical (unpaired) electrons. The predicted molar refractivity (Wildman–Crippen MR) is 98.2 cm³/mol. The maximum absolute atomic E-state index is 12.9. The van der Waals surface area contributed by atoms with Gasteiger partial charge in [0.05, 0.1) is 17.4 Å². The van der Waals surface area contributed by atoms with E-state index in [9.17, 15) is 9.59 Å². The molecule has 138 valence electrons. The fourth-order valence-electron chi connectivity index (χ4n) is 3.47. The molecular formula is C19H19N5O3. The summed E-state index contributed by atoms with van der Waals surface area (Å²) in [5.74, 6) is -1.35. The van der Waals surface area contributed by atoms with E-state index in [0.717, 1.165) is 25.7 Å². The van der Waals surface area contributed by atoms with Crippen LogP contribution in [0.1, 0.15) is 52.7 Å². The van der Waals surface area contributed by atoms with Crippen molar-refractivity contribution in [1.29, 1.82) is 0 Å². The van der Waals surface area contributed by atoms with Crippen molar-refractivity contribution in [2.45, 2.75) is 31.7 Å².